The van der Waals surface area contributed by atoms with E-state index in [4.69, 9.17) is 0 Å². The Morgan fingerprint density at radius 1 is 0.586 bits per heavy atom. The molecule has 3 heteroatoms. The summed E-state index contributed by atoms with van der Waals surface area (Å²) in [6.45, 7) is 9.01. The Morgan fingerprint density at radius 2 is 0.966 bits per heavy atom. The summed E-state index contributed by atoms with van der Waals surface area (Å²) in [7, 11) is 0. The quantitative estimate of drug-likeness (QED) is 0.300. The van der Waals surface area contributed by atoms with Crippen LogP contribution in [0.5, 0.6) is 0 Å². The number of aryl methyl sites for hydroxylation is 4. The van der Waals surface area contributed by atoms with Crippen molar-refractivity contribution in [1.82, 2.24) is 0 Å². The van der Waals surface area contributed by atoms with Crippen LogP contribution < -0.4 is 24.8 Å². The van der Waals surface area contributed by atoms with Crippen LogP contribution in [-0.2, 0) is 51.9 Å². The summed E-state index contributed by atoms with van der Waals surface area (Å²) in [5.41, 5.74) is 6.27. The molecule has 2 rings (SSSR count). The second-order valence-corrected chi connectivity index (χ2v) is 7.48. The molecule has 0 fully saturated rings. The van der Waals surface area contributed by atoms with Crippen LogP contribution in [0.4, 0.5) is 0 Å². The van der Waals surface area contributed by atoms with E-state index in [1.807, 2.05) is 0 Å². The van der Waals surface area contributed by atoms with Gasteiger partial charge in [-0.25, -0.2) is 24.3 Å². The van der Waals surface area contributed by atoms with Gasteiger partial charge in [0.15, 0.2) is 0 Å². The van der Waals surface area contributed by atoms with Crippen LogP contribution in [0, 0.1) is 0 Å². The summed E-state index contributed by atoms with van der Waals surface area (Å²) in [6, 6.07) is 13.5. The molecule has 0 aliphatic carbocycles. The molecule has 0 saturated carbocycles. The van der Waals surface area contributed by atoms with Crippen LogP contribution in [0.1, 0.15) is 101 Å². The van der Waals surface area contributed by atoms with Gasteiger partial charge in [-0.1, -0.05) is 105 Å². The monoisotopic (exact) mass is 514 g/mol. The van der Waals surface area contributed by atoms with Crippen molar-refractivity contribution >= 4 is 0 Å². The van der Waals surface area contributed by atoms with Gasteiger partial charge in [-0.2, -0.15) is 34.4 Å². The van der Waals surface area contributed by atoms with E-state index in [9.17, 15) is 0 Å². The molecule has 0 aromatic heterocycles. The SMILES string of the molecule is CCCCCC[c-]1cccc1CC.CCCCCC[c-]1cccc1CC.[Cl-].[Cl-].[Zr+4]. The van der Waals surface area contributed by atoms with Crippen molar-refractivity contribution in [3.63, 3.8) is 0 Å². The Bertz CT molecular complexity index is 506. The molecule has 0 atom stereocenters. The topological polar surface area (TPSA) is 0 Å². The molecule has 0 heterocycles. The van der Waals surface area contributed by atoms with Crippen molar-refractivity contribution in [2.24, 2.45) is 0 Å². The van der Waals surface area contributed by atoms with E-state index in [1.54, 1.807) is 22.3 Å². The molecule has 29 heavy (non-hydrogen) atoms. The zero-order chi connectivity index (χ0) is 19.0. The third-order valence-electron chi connectivity index (χ3n) is 5.38. The molecule has 164 valence electrons. The van der Waals surface area contributed by atoms with Gasteiger partial charge in [0.05, 0.1) is 0 Å². The fourth-order valence-electron chi connectivity index (χ4n) is 3.65. The van der Waals surface area contributed by atoms with Crippen LogP contribution in [-0.4, -0.2) is 0 Å². The first-order valence-electron chi connectivity index (χ1n) is 11.2. The van der Waals surface area contributed by atoms with Gasteiger partial charge in [-0.15, -0.1) is 0 Å². The number of rotatable bonds is 12. The molecule has 2 aromatic carbocycles. The van der Waals surface area contributed by atoms with Gasteiger partial charge < -0.3 is 24.8 Å². The van der Waals surface area contributed by atoms with Crippen LogP contribution in [0.2, 0.25) is 0 Å². The average Bonchev–Trinajstić information content (AvgIpc) is 3.31. The Hall–Kier alpha value is 0.163. The third kappa shape index (κ3) is 14.7. The van der Waals surface area contributed by atoms with Gasteiger partial charge in [0.2, 0.25) is 0 Å². The predicted octanol–water partition coefficient (Wildman–Crippen LogP) is 2.19. The van der Waals surface area contributed by atoms with E-state index in [-0.39, 0.29) is 51.0 Å². The fraction of sp³-hybridized carbons (Fsp3) is 0.615. The molecule has 0 spiro atoms. The molecule has 0 unspecified atom stereocenters. The van der Waals surface area contributed by atoms with Crippen molar-refractivity contribution in [2.75, 3.05) is 0 Å². The van der Waals surface area contributed by atoms with Gasteiger partial charge in [0, 0.05) is 0 Å². The maximum absolute atomic E-state index is 2.28. The van der Waals surface area contributed by atoms with E-state index >= 15 is 0 Å². The Balaban J connectivity index is -0.000000422. The molecule has 0 bridgehead atoms. The summed E-state index contributed by atoms with van der Waals surface area (Å²) in [5.74, 6) is 0. The Morgan fingerprint density at radius 3 is 1.28 bits per heavy atom. The van der Waals surface area contributed by atoms with Crippen LogP contribution in [0.3, 0.4) is 0 Å². The molecular weight excluding hydrogens is 474 g/mol. The Labute approximate surface area is 213 Å². The van der Waals surface area contributed by atoms with E-state index in [2.05, 4.69) is 64.1 Å². The fourth-order valence-corrected chi connectivity index (χ4v) is 3.65. The molecule has 0 aliphatic heterocycles. The standard InChI is InChI=1S/2C13H21.2ClH.Zr/c2*1-3-5-6-7-9-13-11-8-10-12(13)4-2;;;/h2*8,10-11H,3-7,9H2,1-2H3;2*1H;/q2*-1;;;+4/p-2. The molecule has 0 radical (unpaired) electrons. The summed E-state index contributed by atoms with van der Waals surface area (Å²) in [4.78, 5) is 0. The van der Waals surface area contributed by atoms with Gasteiger partial charge in [-0.3, -0.25) is 0 Å². The van der Waals surface area contributed by atoms with E-state index in [0.717, 1.165) is 0 Å². The number of unbranched alkanes of at least 4 members (excludes halogenated alkanes) is 6. The van der Waals surface area contributed by atoms with Crippen LogP contribution >= 0.6 is 0 Å². The van der Waals surface area contributed by atoms with Crippen LogP contribution in [0.15, 0.2) is 36.4 Å². The van der Waals surface area contributed by atoms with Crippen LogP contribution in [0.25, 0.3) is 0 Å². The second kappa shape index (κ2) is 22.8. The minimum Gasteiger partial charge on any atom is -1.00 e. The molecule has 0 saturated heterocycles. The first kappa shape index (κ1) is 33.8. The second-order valence-electron chi connectivity index (χ2n) is 7.48. The van der Waals surface area contributed by atoms with Crippen molar-refractivity contribution in [3.05, 3.63) is 58.7 Å². The number of hydrogen-bond donors (Lipinski definition) is 0. The van der Waals surface area contributed by atoms with Crippen molar-refractivity contribution < 1.29 is 51.0 Å². The normalized spacial score (nSPS) is 9.52. The smallest absolute Gasteiger partial charge is 1.00 e. The van der Waals surface area contributed by atoms with Gasteiger partial charge in [0.25, 0.3) is 0 Å². The van der Waals surface area contributed by atoms with E-state index < -0.39 is 0 Å². The van der Waals surface area contributed by atoms with Crippen molar-refractivity contribution in [3.8, 4) is 0 Å². The maximum atomic E-state index is 2.28. The Kier molecular flexibility index (Phi) is 26.6. The zero-order valence-electron chi connectivity index (χ0n) is 19.2. The number of hydrogen-bond acceptors (Lipinski definition) is 0. The molecule has 0 nitrogen and oxygen atoms in total. The molecule has 0 amide bonds. The third-order valence-corrected chi connectivity index (χ3v) is 5.38. The summed E-state index contributed by atoms with van der Waals surface area (Å²) in [6.07, 6.45) is 15.9. The summed E-state index contributed by atoms with van der Waals surface area (Å²) < 4.78 is 0. The molecular formula is C26H42Cl2Zr. The van der Waals surface area contributed by atoms with Gasteiger partial charge >= 0.3 is 26.2 Å². The first-order valence-corrected chi connectivity index (χ1v) is 11.2. The largest absolute Gasteiger partial charge is 4.00 e. The van der Waals surface area contributed by atoms with E-state index in [1.165, 1.54) is 77.0 Å². The summed E-state index contributed by atoms with van der Waals surface area (Å²) in [5, 5.41) is 0. The molecule has 0 aliphatic rings. The predicted molar refractivity (Wildman–Crippen MR) is 119 cm³/mol. The van der Waals surface area contributed by atoms with Gasteiger partial charge in [0.1, 0.15) is 0 Å². The zero-order valence-corrected chi connectivity index (χ0v) is 23.2. The molecule has 0 N–H and O–H groups in total. The first-order chi connectivity index (χ1) is 12.8. The van der Waals surface area contributed by atoms with Crippen molar-refractivity contribution in [1.29, 1.82) is 0 Å². The van der Waals surface area contributed by atoms with Crippen molar-refractivity contribution in [2.45, 2.75) is 105 Å². The minimum absolute atomic E-state index is 0. The average molecular weight is 517 g/mol. The summed E-state index contributed by atoms with van der Waals surface area (Å²) >= 11 is 0. The minimum atomic E-state index is 0. The maximum Gasteiger partial charge on any atom is 4.00 e. The number of halogens is 2. The van der Waals surface area contributed by atoms with E-state index in [0.29, 0.717) is 0 Å². The molecule has 2 aromatic rings. The van der Waals surface area contributed by atoms with Gasteiger partial charge in [-0.05, 0) is 0 Å².